The van der Waals surface area contributed by atoms with Gasteiger partial charge in [0.1, 0.15) is 11.4 Å². The molecule has 0 spiro atoms. The molecule has 2 amide bonds. The number of nitrogens with one attached hydrogen (secondary N) is 1. The van der Waals surface area contributed by atoms with Gasteiger partial charge < -0.3 is 10.2 Å². The van der Waals surface area contributed by atoms with Gasteiger partial charge in [0.15, 0.2) is 0 Å². The number of rotatable bonds is 6. The molecule has 182 valence electrons. The van der Waals surface area contributed by atoms with Crippen LogP contribution in [0.15, 0.2) is 59.5 Å². The van der Waals surface area contributed by atoms with Crippen molar-refractivity contribution in [1.82, 2.24) is 14.5 Å². The molecular weight excluding hydrogens is 457 g/mol. The van der Waals surface area contributed by atoms with Crippen LogP contribution in [-0.2, 0) is 26.2 Å². The summed E-state index contributed by atoms with van der Waals surface area (Å²) in [6.07, 6.45) is 4.60. The second kappa shape index (κ2) is 9.84. The van der Waals surface area contributed by atoms with Crippen LogP contribution in [0.3, 0.4) is 0 Å². The Morgan fingerprint density at radius 2 is 1.71 bits per heavy atom. The maximum Gasteiger partial charge on any atom is 0.247 e. The third-order valence-electron chi connectivity index (χ3n) is 6.77. The van der Waals surface area contributed by atoms with E-state index in [9.17, 15) is 22.4 Å². The summed E-state index contributed by atoms with van der Waals surface area (Å²) >= 11 is 0. The lowest BCUT2D eigenvalue weighted by atomic mass is 9.87. The molecule has 2 aromatic rings. The SMILES string of the molecule is C[C@]1(C(=O)NCc2ccc(F)cc2)CN(S(=O)(=O)c2ccccc2)CC(=O)N1C1CCCCC1. The van der Waals surface area contributed by atoms with Gasteiger partial charge in [-0.15, -0.1) is 0 Å². The highest BCUT2D eigenvalue weighted by atomic mass is 32.2. The molecule has 0 unspecified atom stereocenters. The van der Waals surface area contributed by atoms with E-state index in [4.69, 9.17) is 0 Å². The standard InChI is InChI=1S/C25H30FN3O4S/c1-25(24(31)27-16-19-12-14-20(26)15-13-19)18-28(34(32,33)22-10-6-3-7-11-22)17-23(30)29(25)21-8-4-2-5-9-21/h3,6-7,10-15,21H,2,4-5,8-9,16-18H2,1H3,(H,27,31)/t25-/m1/s1. The summed E-state index contributed by atoms with van der Waals surface area (Å²) in [7, 11) is -3.96. The number of nitrogens with zero attached hydrogens (tertiary/aromatic N) is 2. The van der Waals surface area contributed by atoms with E-state index in [1.165, 1.54) is 24.3 Å². The van der Waals surface area contributed by atoms with Gasteiger partial charge in [0.05, 0.1) is 11.4 Å². The van der Waals surface area contributed by atoms with Gasteiger partial charge >= 0.3 is 0 Å². The smallest absolute Gasteiger partial charge is 0.247 e. The summed E-state index contributed by atoms with van der Waals surface area (Å²) in [6.45, 7) is 1.36. The molecule has 34 heavy (non-hydrogen) atoms. The van der Waals surface area contributed by atoms with Crippen molar-refractivity contribution in [2.75, 3.05) is 13.1 Å². The summed E-state index contributed by atoms with van der Waals surface area (Å²) in [5.41, 5.74) is -0.669. The molecule has 9 heteroatoms. The molecule has 1 aliphatic heterocycles. The predicted octanol–water partition coefficient (Wildman–Crippen LogP) is 3.07. The lowest BCUT2D eigenvalue weighted by molar-refractivity contribution is -0.157. The molecule has 2 fully saturated rings. The van der Waals surface area contributed by atoms with Gasteiger partial charge in [-0.2, -0.15) is 4.31 Å². The van der Waals surface area contributed by atoms with Crippen LogP contribution in [0.2, 0.25) is 0 Å². The minimum atomic E-state index is -3.96. The molecule has 2 aliphatic rings. The van der Waals surface area contributed by atoms with Gasteiger partial charge in [-0.05, 0) is 49.6 Å². The fourth-order valence-electron chi connectivity index (χ4n) is 4.99. The number of carbonyl (C=O) groups is 2. The van der Waals surface area contributed by atoms with Crippen molar-refractivity contribution in [3.05, 3.63) is 66.0 Å². The summed E-state index contributed by atoms with van der Waals surface area (Å²) in [4.78, 5) is 28.7. The van der Waals surface area contributed by atoms with Crippen molar-refractivity contribution < 1.29 is 22.4 Å². The lowest BCUT2D eigenvalue weighted by Crippen LogP contribution is -2.71. The van der Waals surface area contributed by atoms with Crippen LogP contribution < -0.4 is 5.32 Å². The second-order valence-electron chi connectivity index (χ2n) is 9.22. The molecule has 0 radical (unpaired) electrons. The summed E-state index contributed by atoms with van der Waals surface area (Å²) in [5, 5.41) is 2.85. The molecule has 2 aromatic carbocycles. The Hall–Kier alpha value is -2.78. The molecule has 1 heterocycles. The first-order chi connectivity index (χ1) is 16.2. The summed E-state index contributed by atoms with van der Waals surface area (Å²) in [5.74, 6) is -1.16. The highest BCUT2D eigenvalue weighted by Crippen LogP contribution is 2.34. The topological polar surface area (TPSA) is 86.8 Å². The molecule has 1 aliphatic carbocycles. The lowest BCUT2D eigenvalue weighted by Gasteiger charge is -2.51. The zero-order valence-electron chi connectivity index (χ0n) is 19.2. The Balaban J connectivity index is 1.63. The average molecular weight is 488 g/mol. The van der Waals surface area contributed by atoms with E-state index in [1.807, 2.05) is 0 Å². The Kier molecular flexibility index (Phi) is 7.04. The molecular formula is C25H30FN3O4S. The minimum absolute atomic E-state index is 0.0861. The van der Waals surface area contributed by atoms with E-state index >= 15 is 0 Å². The maximum atomic E-state index is 13.6. The van der Waals surface area contributed by atoms with Crippen molar-refractivity contribution in [2.45, 2.75) is 62.0 Å². The van der Waals surface area contributed by atoms with Crippen LogP contribution in [0, 0.1) is 5.82 Å². The number of piperazine rings is 1. The molecule has 7 nitrogen and oxygen atoms in total. The Bertz CT molecular complexity index is 1130. The van der Waals surface area contributed by atoms with E-state index < -0.39 is 21.5 Å². The number of benzene rings is 2. The van der Waals surface area contributed by atoms with Gasteiger partial charge in [-0.1, -0.05) is 49.6 Å². The molecule has 1 atom stereocenters. The van der Waals surface area contributed by atoms with Crippen LogP contribution in [0.1, 0.15) is 44.6 Å². The average Bonchev–Trinajstić information content (AvgIpc) is 2.84. The zero-order valence-corrected chi connectivity index (χ0v) is 20.1. The first-order valence-corrected chi connectivity index (χ1v) is 13.1. The largest absolute Gasteiger partial charge is 0.350 e. The second-order valence-corrected chi connectivity index (χ2v) is 11.2. The van der Waals surface area contributed by atoms with Crippen molar-refractivity contribution in [1.29, 1.82) is 0 Å². The molecule has 0 bridgehead atoms. The number of amides is 2. The summed E-state index contributed by atoms with van der Waals surface area (Å²) < 4.78 is 41.0. The normalized spacial score (nSPS) is 22.5. The fourth-order valence-corrected chi connectivity index (χ4v) is 6.49. The van der Waals surface area contributed by atoms with Crippen LogP contribution >= 0.6 is 0 Å². The maximum absolute atomic E-state index is 13.6. The van der Waals surface area contributed by atoms with Crippen LogP contribution in [0.5, 0.6) is 0 Å². The monoisotopic (exact) mass is 487 g/mol. The third kappa shape index (κ3) is 4.86. The van der Waals surface area contributed by atoms with E-state index in [0.717, 1.165) is 36.4 Å². The quantitative estimate of drug-likeness (QED) is 0.679. The number of hydrogen-bond donors (Lipinski definition) is 1. The highest BCUT2D eigenvalue weighted by Gasteiger charge is 2.52. The van der Waals surface area contributed by atoms with E-state index in [2.05, 4.69) is 5.32 Å². The fraction of sp³-hybridized carbons (Fsp3) is 0.440. The van der Waals surface area contributed by atoms with Gasteiger partial charge in [-0.25, -0.2) is 12.8 Å². The number of hydrogen-bond acceptors (Lipinski definition) is 4. The van der Waals surface area contributed by atoms with Gasteiger partial charge in [0, 0.05) is 19.1 Å². The first-order valence-electron chi connectivity index (χ1n) is 11.6. The van der Waals surface area contributed by atoms with Gasteiger partial charge in [0.2, 0.25) is 21.8 Å². The van der Waals surface area contributed by atoms with E-state index in [-0.39, 0.29) is 42.3 Å². The number of carbonyl (C=O) groups excluding carboxylic acids is 2. The van der Waals surface area contributed by atoms with Crippen molar-refractivity contribution >= 4 is 21.8 Å². The number of sulfonamides is 1. The molecule has 1 N–H and O–H groups in total. The molecule has 4 rings (SSSR count). The van der Waals surface area contributed by atoms with Crippen molar-refractivity contribution in [3.63, 3.8) is 0 Å². The predicted molar refractivity (Wildman–Crippen MR) is 126 cm³/mol. The Labute approximate surface area is 200 Å². The van der Waals surface area contributed by atoms with Gasteiger partial charge in [0.25, 0.3) is 0 Å². The summed E-state index contributed by atoms with van der Waals surface area (Å²) in [6, 6.07) is 13.6. The van der Waals surface area contributed by atoms with Crippen molar-refractivity contribution in [2.24, 2.45) is 0 Å². The van der Waals surface area contributed by atoms with Gasteiger partial charge in [-0.3, -0.25) is 9.59 Å². The number of halogens is 1. The molecule has 0 aromatic heterocycles. The molecule has 1 saturated carbocycles. The third-order valence-corrected chi connectivity index (χ3v) is 8.58. The van der Waals surface area contributed by atoms with E-state index in [1.54, 1.807) is 42.2 Å². The van der Waals surface area contributed by atoms with Crippen molar-refractivity contribution in [3.8, 4) is 0 Å². The Morgan fingerprint density at radius 3 is 2.35 bits per heavy atom. The zero-order chi connectivity index (χ0) is 24.3. The first kappa shape index (κ1) is 24.3. The van der Waals surface area contributed by atoms with Crippen LogP contribution in [0.25, 0.3) is 0 Å². The minimum Gasteiger partial charge on any atom is -0.350 e. The van der Waals surface area contributed by atoms with Crippen LogP contribution in [-0.4, -0.2) is 54.1 Å². The van der Waals surface area contributed by atoms with E-state index in [0.29, 0.717) is 5.56 Å². The van der Waals surface area contributed by atoms with Crippen LogP contribution in [0.4, 0.5) is 4.39 Å². The molecule has 1 saturated heterocycles. The Morgan fingerprint density at radius 1 is 1.06 bits per heavy atom. The highest BCUT2D eigenvalue weighted by molar-refractivity contribution is 7.89.